The Balaban J connectivity index is 1.33. The van der Waals surface area contributed by atoms with Gasteiger partial charge in [0.05, 0.1) is 18.7 Å². The number of methoxy groups -OCH3 is 1. The van der Waals surface area contributed by atoms with Crippen molar-refractivity contribution in [3.63, 3.8) is 0 Å². The predicted molar refractivity (Wildman–Crippen MR) is 115 cm³/mol. The Labute approximate surface area is 172 Å². The fourth-order valence-corrected chi connectivity index (χ4v) is 5.09. The van der Waals surface area contributed by atoms with Gasteiger partial charge in [0.2, 0.25) is 0 Å². The zero-order chi connectivity index (χ0) is 19.8. The molecule has 1 saturated heterocycles. The third kappa shape index (κ3) is 3.63. The molecule has 4 nitrogen and oxygen atoms in total. The lowest BCUT2D eigenvalue weighted by atomic mass is 9.94. The number of para-hydroxylation sites is 1. The Hall–Kier alpha value is -2.43. The van der Waals surface area contributed by atoms with Crippen molar-refractivity contribution < 1.29 is 9.84 Å². The van der Waals surface area contributed by atoms with Gasteiger partial charge in [0.15, 0.2) is 0 Å². The maximum atomic E-state index is 10.8. The van der Waals surface area contributed by atoms with Crippen molar-refractivity contribution in [3.05, 3.63) is 70.9 Å². The lowest BCUT2D eigenvalue weighted by Crippen LogP contribution is -2.21. The maximum Gasteiger partial charge on any atom is 0.123 e. The third-order valence-corrected chi connectivity index (χ3v) is 6.59. The highest BCUT2D eigenvalue weighted by Crippen LogP contribution is 2.32. The summed E-state index contributed by atoms with van der Waals surface area (Å²) in [7, 11) is 1.76. The van der Waals surface area contributed by atoms with E-state index >= 15 is 0 Å². The van der Waals surface area contributed by atoms with E-state index in [1.807, 2.05) is 12.3 Å². The van der Waals surface area contributed by atoms with Crippen LogP contribution in [0.5, 0.6) is 5.75 Å². The van der Waals surface area contributed by atoms with Crippen LogP contribution in [0, 0.1) is 5.92 Å². The number of fused-ring (bicyclic) bond motifs is 2. The first-order chi connectivity index (χ1) is 14.2. The molecule has 1 aromatic heterocycles. The Morgan fingerprint density at radius 3 is 2.76 bits per heavy atom. The molecule has 0 radical (unpaired) electrons. The van der Waals surface area contributed by atoms with E-state index in [0.29, 0.717) is 6.54 Å². The number of likely N-dealkylation sites (tertiary alicyclic amines) is 1. The molecule has 2 aliphatic rings. The van der Waals surface area contributed by atoms with Crippen molar-refractivity contribution in [2.24, 2.45) is 5.92 Å². The van der Waals surface area contributed by atoms with Crippen LogP contribution in [0.1, 0.15) is 28.7 Å². The summed E-state index contributed by atoms with van der Waals surface area (Å²) in [6.07, 6.45) is 6.03. The Kier molecular flexibility index (Phi) is 4.98. The Morgan fingerprint density at radius 1 is 1.07 bits per heavy atom. The average molecular weight is 389 g/mol. The zero-order valence-electron chi connectivity index (χ0n) is 17.0. The molecule has 0 spiro atoms. The van der Waals surface area contributed by atoms with Crippen LogP contribution in [-0.2, 0) is 25.8 Å². The van der Waals surface area contributed by atoms with Crippen molar-refractivity contribution in [2.75, 3.05) is 20.2 Å². The lowest BCUT2D eigenvalue weighted by Gasteiger charge is -2.19. The topological polar surface area (TPSA) is 45.6 Å². The van der Waals surface area contributed by atoms with Crippen LogP contribution in [0.3, 0.4) is 0 Å². The van der Waals surface area contributed by atoms with E-state index in [9.17, 15) is 5.11 Å². The number of pyridine rings is 1. The summed E-state index contributed by atoms with van der Waals surface area (Å²) in [4.78, 5) is 6.84. The van der Waals surface area contributed by atoms with E-state index in [2.05, 4.69) is 46.3 Å². The molecule has 0 amide bonds. The molecule has 0 bridgehead atoms. The summed E-state index contributed by atoms with van der Waals surface area (Å²) < 4.78 is 5.68. The molecule has 29 heavy (non-hydrogen) atoms. The highest BCUT2D eigenvalue weighted by Gasteiger charge is 2.32. The second kappa shape index (κ2) is 7.77. The molecule has 1 aliphatic heterocycles. The summed E-state index contributed by atoms with van der Waals surface area (Å²) in [6.45, 7) is 2.45. The van der Waals surface area contributed by atoms with E-state index in [1.165, 1.54) is 40.5 Å². The number of aliphatic hydroxyl groups is 1. The van der Waals surface area contributed by atoms with E-state index in [0.717, 1.165) is 37.2 Å². The standard InChI is InChI=1S/C25H28N2O2/c1-29-25-13-18-6-4-5-17(18)11-21(25)15-27-14-20(24(28)16-27)12-19-9-10-26-23-8-3-2-7-22(19)23/h2-3,7-11,13,20,24,28H,4-6,12,14-16H2,1H3/t20-,24+/m1/s1. The van der Waals surface area contributed by atoms with Crippen LogP contribution >= 0.6 is 0 Å². The summed E-state index contributed by atoms with van der Waals surface area (Å²) >= 11 is 0. The second-order valence-electron chi connectivity index (χ2n) is 8.50. The smallest absolute Gasteiger partial charge is 0.123 e. The molecule has 0 unspecified atom stereocenters. The number of β-amino-alcohol motifs (C(OH)–C–C–N with tert-alkyl or cyclic N) is 1. The van der Waals surface area contributed by atoms with E-state index in [1.54, 1.807) is 7.11 Å². The third-order valence-electron chi connectivity index (χ3n) is 6.59. The van der Waals surface area contributed by atoms with Gasteiger partial charge in [-0.2, -0.15) is 0 Å². The summed E-state index contributed by atoms with van der Waals surface area (Å²) in [5.74, 6) is 1.23. The molecule has 150 valence electrons. The Bertz CT molecular complexity index is 1030. The number of hydrogen-bond donors (Lipinski definition) is 1. The van der Waals surface area contributed by atoms with Gasteiger partial charge in [-0.25, -0.2) is 0 Å². The SMILES string of the molecule is COc1cc2c(cc1CN1C[C@@H](Cc3ccnc4ccccc34)[C@@H](O)C1)CCC2. The van der Waals surface area contributed by atoms with Crippen molar-refractivity contribution in [1.29, 1.82) is 0 Å². The number of nitrogens with zero attached hydrogens (tertiary/aromatic N) is 2. The quantitative estimate of drug-likeness (QED) is 0.723. The van der Waals surface area contributed by atoms with Crippen LogP contribution in [0.2, 0.25) is 0 Å². The van der Waals surface area contributed by atoms with Crippen molar-refractivity contribution in [3.8, 4) is 5.75 Å². The number of benzene rings is 2. The van der Waals surface area contributed by atoms with Crippen LogP contribution < -0.4 is 4.74 Å². The van der Waals surface area contributed by atoms with Gasteiger partial charge in [0, 0.05) is 42.7 Å². The first kappa shape index (κ1) is 18.6. The molecule has 4 heteroatoms. The monoisotopic (exact) mass is 388 g/mol. The summed E-state index contributed by atoms with van der Waals surface area (Å²) in [5.41, 5.74) is 6.46. The number of ether oxygens (including phenoxy) is 1. The molecule has 2 heterocycles. The molecule has 1 fully saturated rings. The highest BCUT2D eigenvalue weighted by atomic mass is 16.5. The van der Waals surface area contributed by atoms with E-state index < -0.39 is 0 Å². The van der Waals surface area contributed by atoms with E-state index in [4.69, 9.17) is 4.74 Å². The van der Waals surface area contributed by atoms with Crippen LogP contribution in [-0.4, -0.2) is 41.3 Å². The molecule has 0 saturated carbocycles. The number of aromatic nitrogens is 1. The highest BCUT2D eigenvalue weighted by molar-refractivity contribution is 5.81. The number of rotatable bonds is 5. The van der Waals surface area contributed by atoms with Gasteiger partial charge in [-0.1, -0.05) is 24.3 Å². The van der Waals surface area contributed by atoms with Crippen LogP contribution in [0.4, 0.5) is 0 Å². The largest absolute Gasteiger partial charge is 0.496 e. The van der Waals surface area contributed by atoms with Crippen molar-refractivity contribution >= 4 is 10.9 Å². The zero-order valence-corrected chi connectivity index (χ0v) is 17.0. The average Bonchev–Trinajstić information content (AvgIpc) is 3.33. The number of aryl methyl sites for hydroxylation is 2. The van der Waals surface area contributed by atoms with Crippen molar-refractivity contribution in [1.82, 2.24) is 9.88 Å². The predicted octanol–water partition coefficient (Wildman–Crippen LogP) is 3.77. The minimum absolute atomic E-state index is 0.237. The second-order valence-corrected chi connectivity index (χ2v) is 8.50. The maximum absolute atomic E-state index is 10.8. The van der Waals surface area contributed by atoms with Crippen LogP contribution in [0.15, 0.2) is 48.7 Å². The van der Waals surface area contributed by atoms with E-state index in [-0.39, 0.29) is 12.0 Å². The van der Waals surface area contributed by atoms with Gasteiger partial charge in [-0.3, -0.25) is 9.88 Å². The normalized spacial score (nSPS) is 21.6. The molecular formula is C25H28N2O2. The molecule has 2 atom stereocenters. The van der Waals surface area contributed by atoms with Crippen LogP contribution in [0.25, 0.3) is 10.9 Å². The fourth-order valence-electron chi connectivity index (χ4n) is 5.09. The molecule has 2 aromatic carbocycles. The lowest BCUT2D eigenvalue weighted by molar-refractivity contribution is 0.141. The number of hydrogen-bond acceptors (Lipinski definition) is 4. The minimum Gasteiger partial charge on any atom is -0.496 e. The van der Waals surface area contributed by atoms with Gasteiger partial charge in [-0.05, 0) is 60.6 Å². The molecule has 5 rings (SSSR count). The van der Waals surface area contributed by atoms with Gasteiger partial charge in [0.1, 0.15) is 5.75 Å². The fraction of sp³-hybridized carbons (Fsp3) is 0.400. The molecule has 3 aromatic rings. The molecule has 1 aliphatic carbocycles. The first-order valence-electron chi connectivity index (χ1n) is 10.6. The Morgan fingerprint density at radius 2 is 1.90 bits per heavy atom. The summed E-state index contributed by atoms with van der Waals surface area (Å²) in [6, 6.07) is 14.9. The molecular weight excluding hydrogens is 360 g/mol. The van der Waals surface area contributed by atoms with Gasteiger partial charge >= 0.3 is 0 Å². The van der Waals surface area contributed by atoms with Crippen molar-refractivity contribution in [2.45, 2.75) is 38.3 Å². The van der Waals surface area contributed by atoms with Gasteiger partial charge in [-0.15, -0.1) is 0 Å². The van der Waals surface area contributed by atoms with Gasteiger partial charge in [0.25, 0.3) is 0 Å². The first-order valence-corrected chi connectivity index (χ1v) is 10.6. The summed E-state index contributed by atoms with van der Waals surface area (Å²) in [5, 5.41) is 12.0. The van der Waals surface area contributed by atoms with Gasteiger partial charge < -0.3 is 9.84 Å². The number of aliphatic hydroxyl groups excluding tert-OH is 1. The minimum atomic E-state index is -0.303. The molecule has 1 N–H and O–H groups in total.